The van der Waals surface area contributed by atoms with Crippen molar-refractivity contribution in [1.82, 2.24) is 14.7 Å². The second-order valence-electron chi connectivity index (χ2n) is 4.55. The lowest BCUT2D eigenvalue weighted by Crippen LogP contribution is -2.31. The molecule has 1 unspecified atom stereocenters. The lowest BCUT2D eigenvalue weighted by atomic mass is 10.2. The van der Waals surface area contributed by atoms with Gasteiger partial charge in [-0.15, -0.1) is 0 Å². The molecule has 0 aliphatic carbocycles. The van der Waals surface area contributed by atoms with Crippen molar-refractivity contribution < 1.29 is 14.7 Å². The Kier molecular flexibility index (Phi) is 3.50. The Morgan fingerprint density at radius 1 is 1.53 bits per heavy atom. The van der Waals surface area contributed by atoms with Gasteiger partial charge in [0.25, 0.3) is 5.91 Å². The van der Waals surface area contributed by atoms with Crippen molar-refractivity contribution in [2.75, 3.05) is 6.54 Å². The molecule has 0 saturated heterocycles. The zero-order chi connectivity index (χ0) is 14.0. The Bertz CT molecular complexity index is 633. The molecule has 0 aliphatic rings. The molecule has 6 heteroatoms. The molecule has 0 bridgehead atoms. The predicted octanol–water partition coefficient (Wildman–Crippen LogP) is 1.09. The third-order valence-corrected chi connectivity index (χ3v) is 2.84. The molecular weight excluding hydrogens is 246 g/mol. The molecule has 0 spiro atoms. The van der Waals surface area contributed by atoms with E-state index in [1.807, 2.05) is 25.3 Å². The lowest BCUT2D eigenvalue weighted by Gasteiger charge is -2.06. The number of hydrogen-bond donors (Lipinski definition) is 2. The van der Waals surface area contributed by atoms with Gasteiger partial charge in [-0.05, 0) is 24.6 Å². The van der Waals surface area contributed by atoms with Gasteiger partial charge in [-0.25, -0.2) is 4.98 Å². The van der Waals surface area contributed by atoms with Crippen molar-refractivity contribution in [1.29, 1.82) is 0 Å². The van der Waals surface area contributed by atoms with E-state index in [0.29, 0.717) is 5.65 Å². The number of hydrogen-bond acceptors (Lipinski definition) is 3. The number of aromatic nitrogens is 2. The molecule has 100 valence electrons. The van der Waals surface area contributed by atoms with Crippen molar-refractivity contribution in [3.05, 3.63) is 35.8 Å². The first kappa shape index (κ1) is 13.1. The summed E-state index contributed by atoms with van der Waals surface area (Å²) in [6.45, 7) is 3.57. The van der Waals surface area contributed by atoms with E-state index in [0.717, 1.165) is 5.56 Å². The summed E-state index contributed by atoms with van der Waals surface area (Å²) in [5.74, 6) is -1.93. The fourth-order valence-electron chi connectivity index (χ4n) is 1.62. The summed E-state index contributed by atoms with van der Waals surface area (Å²) >= 11 is 0. The van der Waals surface area contributed by atoms with Crippen LogP contribution in [0.3, 0.4) is 0 Å². The fraction of sp³-hybridized carbons (Fsp3) is 0.308. The van der Waals surface area contributed by atoms with E-state index < -0.39 is 11.9 Å². The number of rotatable bonds is 4. The maximum Gasteiger partial charge on any atom is 0.308 e. The number of aryl methyl sites for hydroxylation is 1. The van der Waals surface area contributed by atoms with Crippen molar-refractivity contribution in [3.8, 4) is 0 Å². The van der Waals surface area contributed by atoms with Crippen LogP contribution in [0.4, 0.5) is 0 Å². The van der Waals surface area contributed by atoms with Gasteiger partial charge in [-0.2, -0.15) is 0 Å². The molecule has 2 rings (SSSR count). The number of imidazole rings is 1. The normalized spacial score (nSPS) is 12.3. The highest BCUT2D eigenvalue weighted by molar-refractivity contribution is 5.93. The highest BCUT2D eigenvalue weighted by atomic mass is 16.4. The average molecular weight is 261 g/mol. The number of carbonyl (C=O) groups excluding carboxylic acids is 1. The number of carboxylic acid groups (broad SMARTS) is 1. The SMILES string of the molecule is Cc1ccn2cc(C(=O)NCC(C)C(=O)O)nc2c1. The minimum absolute atomic E-state index is 0.0844. The van der Waals surface area contributed by atoms with E-state index in [2.05, 4.69) is 10.3 Å². The monoisotopic (exact) mass is 261 g/mol. The van der Waals surface area contributed by atoms with Crippen molar-refractivity contribution in [2.24, 2.45) is 5.92 Å². The molecule has 0 aromatic carbocycles. The summed E-state index contributed by atoms with van der Waals surface area (Å²) in [7, 11) is 0. The third-order valence-electron chi connectivity index (χ3n) is 2.84. The molecule has 0 radical (unpaired) electrons. The van der Waals surface area contributed by atoms with Crippen LogP contribution in [0.2, 0.25) is 0 Å². The summed E-state index contributed by atoms with van der Waals surface area (Å²) in [5, 5.41) is 11.3. The molecule has 0 saturated carbocycles. The van der Waals surface area contributed by atoms with Gasteiger partial charge in [-0.3, -0.25) is 9.59 Å². The van der Waals surface area contributed by atoms with Crippen LogP contribution in [0.5, 0.6) is 0 Å². The Morgan fingerprint density at radius 3 is 2.95 bits per heavy atom. The average Bonchev–Trinajstić information content (AvgIpc) is 2.78. The van der Waals surface area contributed by atoms with E-state index >= 15 is 0 Å². The quantitative estimate of drug-likeness (QED) is 0.863. The summed E-state index contributed by atoms with van der Waals surface area (Å²) in [5.41, 5.74) is 2.03. The standard InChI is InChI=1S/C13H15N3O3/c1-8-3-4-16-7-10(15-11(16)5-8)12(17)14-6-9(2)13(18)19/h3-5,7,9H,6H2,1-2H3,(H,14,17)(H,18,19). The number of aliphatic carboxylic acids is 1. The number of amides is 1. The number of pyridine rings is 1. The highest BCUT2D eigenvalue weighted by Gasteiger charge is 2.15. The van der Waals surface area contributed by atoms with Gasteiger partial charge in [0.15, 0.2) is 0 Å². The van der Waals surface area contributed by atoms with Gasteiger partial charge in [0.2, 0.25) is 0 Å². The van der Waals surface area contributed by atoms with Gasteiger partial charge < -0.3 is 14.8 Å². The molecule has 0 aliphatic heterocycles. The molecule has 2 heterocycles. The molecule has 2 N–H and O–H groups in total. The van der Waals surface area contributed by atoms with Gasteiger partial charge in [0, 0.05) is 18.9 Å². The van der Waals surface area contributed by atoms with Crippen LogP contribution in [-0.4, -0.2) is 32.9 Å². The lowest BCUT2D eigenvalue weighted by molar-refractivity contribution is -0.140. The molecule has 2 aromatic heterocycles. The molecule has 19 heavy (non-hydrogen) atoms. The Balaban J connectivity index is 2.11. The number of carboxylic acids is 1. The molecule has 0 fully saturated rings. The Morgan fingerprint density at radius 2 is 2.26 bits per heavy atom. The van der Waals surface area contributed by atoms with E-state index in [4.69, 9.17) is 5.11 Å². The highest BCUT2D eigenvalue weighted by Crippen LogP contribution is 2.07. The van der Waals surface area contributed by atoms with Crippen LogP contribution >= 0.6 is 0 Å². The van der Waals surface area contributed by atoms with Crippen LogP contribution < -0.4 is 5.32 Å². The smallest absolute Gasteiger partial charge is 0.308 e. The minimum atomic E-state index is -0.939. The van der Waals surface area contributed by atoms with Gasteiger partial charge in [0.05, 0.1) is 5.92 Å². The maximum atomic E-state index is 11.8. The third kappa shape index (κ3) is 2.90. The van der Waals surface area contributed by atoms with Crippen molar-refractivity contribution >= 4 is 17.5 Å². The minimum Gasteiger partial charge on any atom is -0.481 e. The summed E-state index contributed by atoms with van der Waals surface area (Å²) in [6.07, 6.45) is 3.45. The van der Waals surface area contributed by atoms with Crippen LogP contribution in [0, 0.1) is 12.8 Å². The summed E-state index contributed by atoms with van der Waals surface area (Å²) in [4.78, 5) is 26.7. The summed E-state index contributed by atoms with van der Waals surface area (Å²) < 4.78 is 1.75. The second-order valence-corrected chi connectivity index (χ2v) is 4.55. The zero-order valence-corrected chi connectivity index (χ0v) is 10.8. The Labute approximate surface area is 110 Å². The van der Waals surface area contributed by atoms with Crippen molar-refractivity contribution in [2.45, 2.75) is 13.8 Å². The Hall–Kier alpha value is -2.37. The molecule has 1 atom stereocenters. The van der Waals surface area contributed by atoms with Gasteiger partial charge >= 0.3 is 5.97 Å². The fourth-order valence-corrected chi connectivity index (χ4v) is 1.62. The molecule has 6 nitrogen and oxygen atoms in total. The van der Waals surface area contributed by atoms with Gasteiger partial charge in [-0.1, -0.05) is 6.92 Å². The first-order valence-electron chi connectivity index (χ1n) is 5.93. The predicted molar refractivity (Wildman–Crippen MR) is 69.1 cm³/mol. The van der Waals surface area contributed by atoms with Crippen LogP contribution in [-0.2, 0) is 4.79 Å². The first-order chi connectivity index (χ1) is 8.97. The zero-order valence-electron chi connectivity index (χ0n) is 10.8. The maximum absolute atomic E-state index is 11.8. The largest absolute Gasteiger partial charge is 0.481 e. The van der Waals surface area contributed by atoms with E-state index in [1.165, 1.54) is 6.92 Å². The van der Waals surface area contributed by atoms with E-state index in [-0.39, 0.29) is 18.1 Å². The van der Waals surface area contributed by atoms with Crippen LogP contribution in [0.25, 0.3) is 5.65 Å². The summed E-state index contributed by atoms with van der Waals surface area (Å²) in [6, 6.07) is 3.79. The van der Waals surface area contributed by atoms with E-state index in [1.54, 1.807) is 10.6 Å². The topological polar surface area (TPSA) is 83.7 Å². The number of carbonyl (C=O) groups is 2. The van der Waals surface area contributed by atoms with E-state index in [9.17, 15) is 9.59 Å². The second kappa shape index (κ2) is 5.09. The first-order valence-corrected chi connectivity index (χ1v) is 5.93. The number of nitrogens with zero attached hydrogens (tertiary/aromatic N) is 2. The van der Waals surface area contributed by atoms with Crippen LogP contribution in [0.1, 0.15) is 23.0 Å². The number of nitrogens with one attached hydrogen (secondary N) is 1. The molecule has 1 amide bonds. The number of fused-ring (bicyclic) bond motifs is 1. The molecule has 2 aromatic rings. The van der Waals surface area contributed by atoms with Crippen molar-refractivity contribution in [3.63, 3.8) is 0 Å². The van der Waals surface area contributed by atoms with Gasteiger partial charge in [0.1, 0.15) is 11.3 Å². The van der Waals surface area contributed by atoms with Crippen LogP contribution in [0.15, 0.2) is 24.5 Å². The molecular formula is C13H15N3O3.